The van der Waals surface area contributed by atoms with Gasteiger partial charge in [-0.3, -0.25) is 0 Å². The molecule has 0 amide bonds. The Kier molecular flexibility index (Phi) is 3.20. The van der Waals surface area contributed by atoms with Crippen LogP contribution in [0.5, 0.6) is 0 Å². The van der Waals surface area contributed by atoms with E-state index in [2.05, 4.69) is 36.5 Å². The van der Waals surface area contributed by atoms with Gasteiger partial charge in [-0.15, -0.1) is 0 Å². The SMILES string of the molecule is Cc1cccc(CCCNC2CC2)c1. The van der Waals surface area contributed by atoms with E-state index in [1.54, 1.807) is 0 Å². The minimum atomic E-state index is 0.854. The van der Waals surface area contributed by atoms with Gasteiger partial charge in [-0.1, -0.05) is 29.8 Å². The first-order valence-electron chi connectivity index (χ1n) is 5.63. The predicted octanol–water partition coefficient (Wildman–Crippen LogP) is 2.68. The maximum absolute atomic E-state index is 3.54. The Morgan fingerprint density at radius 3 is 2.93 bits per heavy atom. The van der Waals surface area contributed by atoms with Gasteiger partial charge in [0.1, 0.15) is 0 Å². The largest absolute Gasteiger partial charge is 0.314 e. The summed E-state index contributed by atoms with van der Waals surface area (Å²) in [4.78, 5) is 0. The highest BCUT2D eigenvalue weighted by atomic mass is 14.9. The van der Waals surface area contributed by atoms with Crippen LogP contribution in [0, 0.1) is 6.92 Å². The van der Waals surface area contributed by atoms with Crippen molar-refractivity contribution in [1.29, 1.82) is 0 Å². The molecule has 0 unspecified atom stereocenters. The fourth-order valence-electron chi connectivity index (χ4n) is 1.75. The molecule has 0 saturated heterocycles. The third-order valence-electron chi connectivity index (χ3n) is 2.74. The molecule has 0 atom stereocenters. The van der Waals surface area contributed by atoms with E-state index >= 15 is 0 Å². The molecular weight excluding hydrogens is 170 g/mol. The lowest BCUT2D eigenvalue weighted by Gasteiger charge is -2.03. The molecule has 1 aliphatic rings. The molecule has 1 aromatic rings. The van der Waals surface area contributed by atoms with Crippen LogP contribution in [-0.4, -0.2) is 12.6 Å². The average Bonchev–Trinajstić information content (AvgIpc) is 2.96. The predicted molar refractivity (Wildman–Crippen MR) is 60.5 cm³/mol. The van der Waals surface area contributed by atoms with Crippen LogP contribution in [0.3, 0.4) is 0 Å². The van der Waals surface area contributed by atoms with Gasteiger partial charge in [0.2, 0.25) is 0 Å². The number of nitrogens with one attached hydrogen (secondary N) is 1. The van der Waals surface area contributed by atoms with Crippen LogP contribution in [0.4, 0.5) is 0 Å². The van der Waals surface area contributed by atoms with Crippen molar-refractivity contribution in [2.24, 2.45) is 0 Å². The van der Waals surface area contributed by atoms with Crippen LogP contribution in [0.25, 0.3) is 0 Å². The third kappa shape index (κ3) is 3.15. The molecule has 0 aromatic heterocycles. The van der Waals surface area contributed by atoms with E-state index < -0.39 is 0 Å². The molecule has 0 radical (unpaired) electrons. The van der Waals surface area contributed by atoms with Crippen LogP contribution in [-0.2, 0) is 6.42 Å². The highest BCUT2D eigenvalue weighted by Crippen LogP contribution is 2.18. The Hall–Kier alpha value is -0.820. The molecule has 0 aliphatic heterocycles. The molecule has 1 aromatic carbocycles. The highest BCUT2D eigenvalue weighted by molar-refractivity contribution is 5.22. The second-order valence-corrected chi connectivity index (χ2v) is 4.32. The van der Waals surface area contributed by atoms with Crippen LogP contribution in [0.2, 0.25) is 0 Å². The first kappa shape index (κ1) is 9.72. The number of rotatable bonds is 5. The van der Waals surface area contributed by atoms with Crippen molar-refractivity contribution in [2.75, 3.05) is 6.54 Å². The van der Waals surface area contributed by atoms with Gasteiger partial charge < -0.3 is 5.32 Å². The maximum Gasteiger partial charge on any atom is 0.00682 e. The molecule has 2 rings (SSSR count). The molecule has 0 heterocycles. The van der Waals surface area contributed by atoms with E-state index in [0.29, 0.717) is 0 Å². The van der Waals surface area contributed by atoms with Crippen molar-refractivity contribution in [3.63, 3.8) is 0 Å². The van der Waals surface area contributed by atoms with E-state index in [-0.39, 0.29) is 0 Å². The van der Waals surface area contributed by atoms with Crippen molar-refractivity contribution >= 4 is 0 Å². The van der Waals surface area contributed by atoms with Crippen LogP contribution in [0.1, 0.15) is 30.4 Å². The fourth-order valence-corrected chi connectivity index (χ4v) is 1.75. The molecule has 1 saturated carbocycles. The van der Waals surface area contributed by atoms with E-state index in [1.807, 2.05) is 0 Å². The van der Waals surface area contributed by atoms with Gasteiger partial charge in [0.15, 0.2) is 0 Å². The Labute approximate surface area is 86.5 Å². The van der Waals surface area contributed by atoms with E-state index in [4.69, 9.17) is 0 Å². The number of benzene rings is 1. The Balaban J connectivity index is 1.68. The molecular formula is C13H19N. The molecule has 0 bridgehead atoms. The summed E-state index contributed by atoms with van der Waals surface area (Å²) < 4.78 is 0. The second-order valence-electron chi connectivity index (χ2n) is 4.32. The van der Waals surface area contributed by atoms with Gasteiger partial charge in [-0.25, -0.2) is 0 Å². The first-order chi connectivity index (χ1) is 6.84. The minimum Gasteiger partial charge on any atom is -0.314 e. The Morgan fingerprint density at radius 2 is 2.21 bits per heavy atom. The lowest BCUT2D eigenvalue weighted by Crippen LogP contribution is -2.17. The van der Waals surface area contributed by atoms with E-state index in [0.717, 1.165) is 6.04 Å². The van der Waals surface area contributed by atoms with Gasteiger partial charge in [-0.2, -0.15) is 0 Å². The number of hydrogen-bond acceptors (Lipinski definition) is 1. The molecule has 1 nitrogen and oxygen atoms in total. The molecule has 14 heavy (non-hydrogen) atoms. The standard InChI is InChI=1S/C13H19N/c1-11-4-2-5-12(10-11)6-3-9-14-13-7-8-13/h2,4-5,10,13-14H,3,6-9H2,1H3. The average molecular weight is 189 g/mol. The minimum absolute atomic E-state index is 0.854. The molecule has 76 valence electrons. The van der Waals surface area contributed by atoms with Gasteiger partial charge in [0.25, 0.3) is 0 Å². The summed E-state index contributed by atoms with van der Waals surface area (Å²) in [6.45, 7) is 3.34. The molecule has 1 heteroatoms. The van der Waals surface area contributed by atoms with Crippen molar-refractivity contribution in [3.8, 4) is 0 Å². The van der Waals surface area contributed by atoms with Crippen molar-refractivity contribution in [1.82, 2.24) is 5.32 Å². The first-order valence-corrected chi connectivity index (χ1v) is 5.63. The Morgan fingerprint density at radius 1 is 1.36 bits per heavy atom. The fraction of sp³-hybridized carbons (Fsp3) is 0.538. The molecule has 1 fully saturated rings. The van der Waals surface area contributed by atoms with Crippen molar-refractivity contribution in [2.45, 2.75) is 38.6 Å². The lowest BCUT2D eigenvalue weighted by atomic mass is 10.1. The molecule has 1 N–H and O–H groups in total. The summed E-state index contributed by atoms with van der Waals surface area (Å²) in [6, 6.07) is 9.68. The molecule has 0 spiro atoms. The van der Waals surface area contributed by atoms with Gasteiger partial charge in [0.05, 0.1) is 0 Å². The van der Waals surface area contributed by atoms with Crippen LogP contribution < -0.4 is 5.32 Å². The second kappa shape index (κ2) is 4.61. The van der Waals surface area contributed by atoms with Crippen LogP contribution >= 0.6 is 0 Å². The van der Waals surface area contributed by atoms with Crippen molar-refractivity contribution in [3.05, 3.63) is 35.4 Å². The Bertz CT molecular complexity index is 289. The normalized spacial score (nSPS) is 15.8. The maximum atomic E-state index is 3.54. The van der Waals surface area contributed by atoms with Gasteiger partial charge >= 0.3 is 0 Å². The lowest BCUT2D eigenvalue weighted by molar-refractivity contribution is 0.645. The van der Waals surface area contributed by atoms with Gasteiger partial charge in [0, 0.05) is 6.04 Å². The summed E-state index contributed by atoms with van der Waals surface area (Å²) in [7, 11) is 0. The number of aryl methyl sites for hydroxylation is 2. The smallest absolute Gasteiger partial charge is 0.00682 e. The summed E-state index contributed by atoms with van der Waals surface area (Å²) in [6.07, 6.45) is 5.26. The monoisotopic (exact) mass is 189 g/mol. The third-order valence-corrected chi connectivity index (χ3v) is 2.74. The van der Waals surface area contributed by atoms with Crippen molar-refractivity contribution < 1.29 is 0 Å². The summed E-state index contributed by atoms with van der Waals surface area (Å²) in [5, 5.41) is 3.54. The summed E-state index contributed by atoms with van der Waals surface area (Å²) in [5.41, 5.74) is 2.85. The zero-order chi connectivity index (χ0) is 9.80. The summed E-state index contributed by atoms with van der Waals surface area (Å²) >= 11 is 0. The zero-order valence-electron chi connectivity index (χ0n) is 8.92. The topological polar surface area (TPSA) is 12.0 Å². The van der Waals surface area contributed by atoms with E-state index in [1.165, 1.54) is 43.4 Å². The van der Waals surface area contributed by atoms with Crippen LogP contribution in [0.15, 0.2) is 24.3 Å². The quantitative estimate of drug-likeness (QED) is 0.702. The number of hydrogen-bond donors (Lipinski definition) is 1. The van der Waals surface area contributed by atoms with E-state index in [9.17, 15) is 0 Å². The highest BCUT2D eigenvalue weighted by Gasteiger charge is 2.19. The zero-order valence-corrected chi connectivity index (χ0v) is 8.92. The van der Waals surface area contributed by atoms with Gasteiger partial charge in [-0.05, 0) is 44.7 Å². The summed E-state index contributed by atoms with van der Waals surface area (Å²) in [5.74, 6) is 0. The molecule has 1 aliphatic carbocycles.